The second-order valence-corrected chi connectivity index (χ2v) is 9.57. The lowest BCUT2D eigenvalue weighted by atomic mass is 9.88. The molecule has 162 valence electrons. The molecular formula is C24H32N2O3S. The standard InChI is InChI=1S/C24H32N2O3S/c1-29-15-13-25-23(27)22-20(19-11-5-6-12-21(19)30-22)16-18-10-7-14-26(18)24(28)17-8-3-2-4-9-17/h5-6,11-12,17-18H,2-4,7-10,13-16H2,1H3,(H,25,27)/t18-/m1/s1. The van der Waals surface area contributed by atoms with E-state index < -0.39 is 0 Å². The summed E-state index contributed by atoms with van der Waals surface area (Å²) in [6, 6.07) is 8.43. The van der Waals surface area contributed by atoms with Crippen LogP contribution in [0.1, 0.15) is 60.2 Å². The molecule has 0 bridgehead atoms. The molecule has 4 rings (SSSR count). The lowest BCUT2D eigenvalue weighted by Crippen LogP contribution is -2.41. The molecule has 1 saturated heterocycles. The molecule has 0 unspecified atom stereocenters. The van der Waals surface area contributed by atoms with E-state index in [1.807, 2.05) is 12.1 Å². The molecule has 1 N–H and O–H groups in total. The number of methoxy groups -OCH3 is 1. The molecule has 1 aromatic carbocycles. The number of rotatable bonds is 7. The third kappa shape index (κ3) is 4.54. The molecule has 2 heterocycles. The zero-order valence-electron chi connectivity index (χ0n) is 17.8. The van der Waals surface area contributed by atoms with Gasteiger partial charge >= 0.3 is 0 Å². The molecule has 6 heteroatoms. The van der Waals surface area contributed by atoms with Gasteiger partial charge in [-0.05, 0) is 49.1 Å². The van der Waals surface area contributed by atoms with E-state index in [2.05, 4.69) is 22.3 Å². The summed E-state index contributed by atoms with van der Waals surface area (Å²) >= 11 is 1.55. The first-order valence-corrected chi connectivity index (χ1v) is 12.1. The fraction of sp³-hybridized carbons (Fsp3) is 0.583. The second kappa shape index (κ2) is 9.92. The second-order valence-electron chi connectivity index (χ2n) is 8.52. The largest absolute Gasteiger partial charge is 0.383 e. The number of thiophene rings is 1. The Morgan fingerprint density at radius 2 is 1.93 bits per heavy atom. The molecular weight excluding hydrogens is 396 g/mol. The predicted octanol–water partition coefficient (Wildman–Crippen LogP) is 4.39. The predicted molar refractivity (Wildman–Crippen MR) is 121 cm³/mol. The van der Waals surface area contributed by atoms with Crippen molar-refractivity contribution >= 4 is 33.2 Å². The number of amides is 2. The van der Waals surface area contributed by atoms with Crippen molar-refractivity contribution in [1.29, 1.82) is 0 Å². The number of carbonyl (C=O) groups is 2. The van der Waals surface area contributed by atoms with Crippen LogP contribution in [0, 0.1) is 5.92 Å². The molecule has 0 spiro atoms. The van der Waals surface area contributed by atoms with Gasteiger partial charge in [0.15, 0.2) is 0 Å². The first-order valence-electron chi connectivity index (χ1n) is 11.3. The van der Waals surface area contributed by atoms with E-state index in [0.29, 0.717) is 19.1 Å². The lowest BCUT2D eigenvalue weighted by molar-refractivity contribution is -0.137. The van der Waals surface area contributed by atoms with Gasteiger partial charge in [-0.15, -0.1) is 11.3 Å². The normalized spacial score (nSPS) is 20.0. The zero-order chi connectivity index (χ0) is 20.9. The maximum atomic E-state index is 13.2. The van der Waals surface area contributed by atoms with Crippen molar-refractivity contribution < 1.29 is 14.3 Å². The number of benzene rings is 1. The molecule has 0 radical (unpaired) electrons. The number of ether oxygens (including phenoxy) is 1. The van der Waals surface area contributed by atoms with Crippen molar-refractivity contribution in [3.05, 3.63) is 34.7 Å². The number of nitrogens with zero attached hydrogens (tertiary/aromatic N) is 1. The molecule has 2 aromatic rings. The number of fused-ring (bicyclic) bond motifs is 1. The highest BCUT2D eigenvalue weighted by Gasteiger charge is 2.34. The molecule has 30 heavy (non-hydrogen) atoms. The van der Waals surface area contributed by atoms with Crippen LogP contribution in [-0.2, 0) is 16.0 Å². The van der Waals surface area contributed by atoms with Gasteiger partial charge in [0, 0.05) is 36.9 Å². The number of nitrogens with one attached hydrogen (secondary N) is 1. The van der Waals surface area contributed by atoms with Crippen molar-refractivity contribution in [3.8, 4) is 0 Å². The molecule has 2 amide bonds. The Morgan fingerprint density at radius 3 is 2.73 bits per heavy atom. The van der Waals surface area contributed by atoms with Gasteiger partial charge in [-0.25, -0.2) is 0 Å². The number of likely N-dealkylation sites (tertiary alicyclic amines) is 1. The minimum atomic E-state index is -0.0357. The quantitative estimate of drug-likeness (QED) is 0.666. The summed E-state index contributed by atoms with van der Waals surface area (Å²) in [5.41, 5.74) is 1.10. The summed E-state index contributed by atoms with van der Waals surface area (Å²) in [5, 5.41) is 4.13. The van der Waals surface area contributed by atoms with Crippen molar-refractivity contribution in [2.75, 3.05) is 26.8 Å². The van der Waals surface area contributed by atoms with Gasteiger partial charge in [-0.1, -0.05) is 37.5 Å². The van der Waals surface area contributed by atoms with Gasteiger partial charge in [0.25, 0.3) is 5.91 Å². The third-order valence-corrected chi connectivity index (χ3v) is 7.76. The molecule has 1 aliphatic carbocycles. The first-order chi connectivity index (χ1) is 14.7. The minimum Gasteiger partial charge on any atom is -0.383 e. The highest BCUT2D eigenvalue weighted by molar-refractivity contribution is 7.21. The summed E-state index contributed by atoms with van der Waals surface area (Å²) < 4.78 is 6.20. The van der Waals surface area contributed by atoms with Crippen molar-refractivity contribution in [2.45, 2.75) is 57.4 Å². The Morgan fingerprint density at radius 1 is 1.13 bits per heavy atom. The zero-order valence-corrected chi connectivity index (χ0v) is 18.6. The van der Waals surface area contributed by atoms with Gasteiger partial charge in [0.05, 0.1) is 11.5 Å². The molecule has 1 saturated carbocycles. The van der Waals surface area contributed by atoms with Crippen LogP contribution in [0.4, 0.5) is 0 Å². The Kier molecular flexibility index (Phi) is 7.05. The van der Waals surface area contributed by atoms with E-state index in [9.17, 15) is 9.59 Å². The average molecular weight is 429 g/mol. The van der Waals surface area contributed by atoms with Crippen LogP contribution in [0.3, 0.4) is 0 Å². The summed E-state index contributed by atoms with van der Waals surface area (Å²) in [6.45, 7) is 1.86. The van der Waals surface area contributed by atoms with Gasteiger partial charge in [-0.2, -0.15) is 0 Å². The Labute approximate surface area is 182 Å². The van der Waals surface area contributed by atoms with Crippen LogP contribution in [0.25, 0.3) is 10.1 Å². The van der Waals surface area contributed by atoms with E-state index in [0.717, 1.165) is 59.2 Å². The van der Waals surface area contributed by atoms with E-state index >= 15 is 0 Å². The Bertz CT molecular complexity index is 888. The SMILES string of the molecule is COCCNC(=O)c1sc2ccccc2c1C[C@H]1CCCN1C(=O)C1CCCCC1. The Hall–Kier alpha value is -1.92. The average Bonchev–Trinajstić information content (AvgIpc) is 3.39. The smallest absolute Gasteiger partial charge is 0.261 e. The van der Waals surface area contributed by atoms with Gasteiger partial charge in [0.2, 0.25) is 5.91 Å². The molecule has 5 nitrogen and oxygen atoms in total. The van der Waals surface area contributed by atoms with Gasteiger partial charge < -0.3 is 15.0 Å². The summed E-state index contributed by atoms with van der Waals surface area (Å²) in [6.07, 6.45) is 8.53. The Balaban J connectivity index is 1.56. The number of hydrogen-bond donors (Lipinski definition) is 1. The van der Waals surface area contributed by atoms with Gasteiger partial charge in [0.1, 0.15) is 0 Å². The first kappa shape index (κ1) is 21.3. The van der Waals surface area contributed by atoms with E-state index in [1.54, 1.807) is 18.4 Å². The summed E-state index contributed by atoms with van der Waals surface area (Å²) in [7, 11) is 1.63. The van der Waals surface area contributed by atoms with Gasteiger partial charge in [-0.3, -0.25) is 9.59 Å². The number of carbonyl (C=O) groups excluding carboxylic acids is 2. The topological polar surface area (TPSA) is 58.6 Å². The molecule has 1 atom stereocenters. The van der Waals surface area contributed by atoms with Crippen LogP contribution >= 0.6 is 11.3 Å². The van der Waals surface area contributed by atoms with Crippen molar-refractivity contribution in [3.63, 3.8) is 0 Å². The monoisotopic (exact) mass is 428 g/mol. The minimum absolute atomic E-state index is 0.0357. The molecule has 2 aliphatic rings. The summed E-state index contributed by atoms with van der Waals surface area (Å²) in [4.78, 5) is 29.1. The molecule has 1 aromatic heterocycles. The molecule has 1 aliphatic heterocycles. The van der Waals surface area contributed by atoms with Crippen molar-refractivity contribution in [1.82, 2.24) is 10.2 Å². The lowest BCUT2D eigenvalue weighted by Gasteiger charge is -2.31. The highest BCUT2D eigenvalue weighted by Crippen LogP contribution is 2.35. The van der Waals surface area contributed by atoms with Crippen LogP contribution in [0.15, 0.2) is 24.3 Å². The summed E-state index contributed by atoms with van der Waals surface area (Å²) in [5.74, 6) is 0.518. The van der Waals surface area contributed by atoms with Crippen LogP contribution < -0.4 is 5.32 Å². The van der Waals surface area contributed by atoms with Crippen LogP contribution in [0.2, 0.25) is 0 Å². The highest BCUT2D eigenvalue weighted by atomic mass is 32.1. The van der Waals surface area contributed by atoms with Crippen molar-refractivity contribution in [2.24, 2.45) is 5.92 Å². The fourth-order valence-corrected chi connectivity index (χ4v) is 6.14. The van der Waals surface area contributed by atoms with Crippen LogP contribution in [-0.4, -0.2) is 49.6 Å². The maximum absolute atomic E-state index is 13.2. The molecule has 2 fully saturated rings. The maximum Gasteiger partial charge on any atom is 0.261 e. The van der Waals surface area contributed by atoms with E-state index in [1.165, 1.54) is 19.3 Å². The van der Waals surface area contributed by atoms with Crippen LogP contribution in [0.5, 0.6) is 0 Å². The fourth-order valence-electron chi connectivity index (χ4n) is 4.99. The third-order valence-electron chi connectivity index (χ3n) is 6.55. The van der Waals surface area contributed by atoms with E-state index in [-0.39, 0.29) is 17.9 Å². The number of hydrogen-bond acceptors (Lipinski definition) is 4. The van der Waals surface area contributed by atoms with E-state index in [4.69, 9.17) is 4.74 Å².